The normalized spacial score (nSPS) is 20.8. The zero-order valence-corrected chi connectivity index (χ0v) is 20.8. The highest BCUT2D eigenvalue weighted by atomic mass is 127. The fourth-order valence-corrected chi connectivity index (χ4v) is 4.65. The second kappa shape index (κ2) is 12.2. The number of thiophene rings is 1. The third-order valence-corrected chi connectivity index (χ3v) is 6.64. The molecule has 6 nitrogen and oxygen atoms in total. The number of rotatable bonds is 6. The summed E-state index contributed by atoms with van der Waals surface area (Å²) in [6.45, 7) is 18.6. The average molecular weight is 521 g/mol. The molecule has 1 atom stereocenters. The van der Waals surface area contributed by atoms with Gasteiger partial charge in [-0.25, -0.2) is 0 Å². The first-order valence-corrected chi connectivity index (χ1v) is 11.4. The van der Waals surface area contributed by atoms with Gasteiger partial charge in [-0.3, -0.25) is 9.89 Å². The number of hydrogen-bond acceptors (Lipinski definition) is 5. The van der Waals surface area contributed by atoms with Crippen molar-refractivity contribution in [3.63, 3.8) is 0 Å². The first-order valence-electron chi connectivity index (χ1n) is 10.5. The van der Waals surface area contributed by atoms with Crippen molar-refractivity contribution in [1.29, 1.82) is 0 Å². The fourth-order valence-electron chi connectivity index (χ4n) is 3.87. The highest BCUT2D eigenvalue weighted by molar-refractivity contribution is 14.0. The maximum absolute atomic E-state index is 5.00. The van der Waals surface area contributed by atoms with E-state index in [0.29, 0.717) is 6.04 Å². The van der Waals surface area contributed by atoms with E-state index in [2.05, 4.69) is 63.2 Å². The molecule has 0 aromatic carbocycles. The van der Waals surface area contributed by atoms with Crippen molar-refractivity contribution in [1.82, 2.24) is 20.0 Å². The van der Waals surface area contributed by atoms with Crippen molar-refractivity contribution >= 4 is 46.3 Å². The van der Waals surface area contributed by atoms with Gasteiger partial charge in [-0.15, -0.1) is 35.3 Å². The van der Waals surface area contributed by atoms with Crippen molar-refractivity contribution < 1.29 is 0 Å². The topological polar surface area (TPSA) is 37.4 Å². The van der Waals surface area contributed by atoms with E-state index in [-0.39, 0.29) is 24.0 Å². The number of hydrogen-bond donors (Lipinski definition) is 1. The Bertz CT molecular complexity index is 565. The number of nitrogens with zero attached hydrogens (tertiary/aromatic N) is 5. The molecule has 28 heavy (non-hydrogen) atoms. The molecule has 1 N–H and O–H groups in total. The van der Waals surface area contributed by atoms with Gasteiger partial charge in [0.2, 0.25) is 0 Å². The molecule has 3 heterocycles. The molecule has 8 heteroatoms. The fraction of sp³-hybridized carbons (Fsp3) is 0.750. The molecule has 2 fully saturated rings. The molecule has 1 aromatic rings. The minimum Gasteiger partial charge on any atom is -0.360 e. The third kappa shape index (κ3) is 6.47. The first-order chi connectivity index (χ1) is 13.2. The summed E-state index contributed by atoms with van der Waals surface area (Å²) >= 11 is 1.83. The Kier molecular flexibility index (Phi) is 10.3. The molecule has 0 aliphatic carbocycles. The van der Waals surface area contributed by atoms with Gasteiger partial charge in [0.1, 0.15) is 0 Å². The van der Waals surface area contributed by atoms with Gasteiger partial charge in [-0.05, 0) is 37.9 Å². The van der Waals surface area contributed by atoms with Crippen LogP contribution in [0.2, 0.25) is 0 Å². The van der Waals surface area contributed by atoms with Crippen LogP contribution in [0.4, 0.5) is 5.00 Å². The van der Waals surface area contributed by atoms with Crippen LogP contribution in [0.15, 0.2) is 22.5 Å². The maximum Gasteiger partial charge on any atom is 0.194 e. The molecule has 1 aromatic heterocycles. The van der Waals surface area contributed by atoms with Crippen LogP contribution in [0.3, 0.4) is 0 Å². The van der Waals surface area contributed by atoms with Crippen molar-refractivity contribution in [3.05, 3.63) is 17.5 Å². The summed E-state index contributed by atoms with van der Waals surface area (Å²) in [7, 11) is 0. The zero-order chi connectivity index (χ0) is 19.1. The lowest BCUT2D eigenvalue weighted by molar-refractivity contribution is 0.109. The number of guanidine groups is 1. The molecular formula is C20H37IN6S. The summed E-state index contributed by atoms with van der Waals surface area (Å²) in [6, 6.07) is 4.87. The predicted octanol–water partition coefficient (Wildman–Crippen LogP) is 2.48. The Labute approximate surface area is 192 Å². The van der Waals surface area contributed by atoms with Crippen LogP contribution in [0.1, 0.15) is 20.8 Å². The lowest BCUT2D eigenvalue weighted by Crippen LogP contribution is -2.53. The molecule has 3 rings (SSSR count). The standard InChI is InChI=1S/C20H36N6S.HI/c1-4-21-20(22-17-18(3)24-10-8-23(5-2)9-11-24)26-14-12-25(13-15-26)19-7-6-16-27-19;/h6-7,16,18H,4-5,8-15,17H2,1-3H3,(H,21,22);1H. The average Bonchev–Trinajstić information content (AvgIpc) is 3.26. The second-order valence-corrected chi connectivity index (χ2v) is 8.37. The lowest BCUT2D eigenvalue weighted by atomic mass is 10.2. The molecule has 0 spiro atoms. The first kappa shape index (κ1) is 23.7. The second-order valence-electron chi connectivity index (χ2n) is 7.44. The quantitative estimate of drug-likeness (QED) is 0.355. The van der Waals surface area contributed by atoms with E-state index < -0.39 is 0 Å². The SMILES string of the molecule is CCNC(=NCC(C)N1CCN(CC)CC1)N1CCN(c2cccs2)CC1.I. The summed E-state index contributed by atoms with van der Waals surface area (Å²) < 4.78 is 0. The van der Waals surface area contributed by atoms with Gasteiger partial charge in [0.05, 0.1) is 11.5 Å². The summed E-state index contributed by atoms with van der Waals surface area (Å²) in [5.74, 6) is 1.09. The van der Waals surface area contributed by atoms with Gasteiger partial charge in [-0.2, -0.15) is 0 Å². The maximum atomic E-state index is 5.00. The number of anilines is 1. The lowest BCUT2D eigenvalue weighted by Gasteiger charge is -2.38. The molecule has 0 bridgehead atoms. The summed E-state index contributed by atoms with van der Waals surface area (Å²) in [6.07, 6.45) is 0. The zero-order valence-electron chi connectivity index (χ0n) is 17.6. The third-order valence-electron chi connectivity index (χ3n) is 5.71. The van der Waals surface area contributed by atoms with Crippen LogP contribution in [-0.2, 0) is 0 Å². The Balaban J connectivity index is 0.00000280. The van der Waals surface area contributed by atoms with Gasteiger partial charge in [-0.1, -0.05) is 6.92 Å². The number of aliphatic imine (C=N–C) groups is 1. The van der Waals surface area contributed by atoms with E-state index in [1.54, 1.807) is 0 Å². The van der Waals surface area contributed by atoms with Crippen LogP contribution in [0, 0.1) is 0 Å². The molecule has 2 saturated heterocycles. The van der Waals surface area contributed by atoms with E-state index in [9.17, 15) is 0 Å². The van der Waals surface area contributed by atoms with Gasteiger partial charge in [0, 0.05) is 64.9 Å². The molecule has 0 saturated carbocycles. The van der Waals surface area contributed by atoms with E-state index in [1.807, 2.05) is 11.3 Å². The largest absolute Gasteiger partial charge is 0.360 e. The van der Waals surface area contributed by atoms with Gasteiger partial charge < -0.3 is 20.0 Å². The number of nitrogens with one attached hydrogen (secondary N) is 1. The minimum atomic E-state index is 0. The molecular weight excluding hydrogens is 483 g/mol. The minimum absolute atomic E-state index is 0. The van der Waals surface area contributed by atoms with Gasteiger partial charge >= 0.3 is 0 Å². The highest BCUT2D eigenvalue weighted by Crippen LogP contribution is 2.22. The summed E-state index contributed by atoms with van der Waals surface area (Å²) in [5, 5.41) is 7.06. The van der Waals surface area contributed by atoms with E-state index in [4.69, 9.17) is 4.99 Å². The van der Waals surface area contributed by atoms with E-state index >= 15 is 0 Å². The molecule has 2 aliphatic rings. The number of halogens is 1. The van der Waals surface area contributed by atoms with Gasteiger partial charge in [0.25, 0.3) is 0 Å². The van der Waals surface area contributed by atoms with Crippen LogP contribution in [0.5, 0.6) is 0 Å². The van der Waals surface area contributed by atoms with Crippen LogP contribution in [0.25, 0.3) is 0 Å². The van der Waals surface area contributed by atoms with Crippen molar-refractivity contribution in [2.45, 2.75) is 26.8 Å². The van der Waals surface area contributed by atoms with Crippen molar-refractivity contribution in [2.75, 3.05) is 76.9 Å². The van der Waals surface area contributed by atoms with Crippen molar-refractivity contribution in [2.24, 2.45) is 4.99 Å². The number of piperazine rings is 2. The Morgan fingerprint density at radius 3 is 2.39 bits per heavy atom. The Morgan fingerprint density at radius 2 is 1.82 bits per heavy atom. The molecule has 160 valence electrons. The Hall–Kier alpha value is -0.580. The summed E-state index contributed by atoms with van der Waals surface area (Å²) in [4.78, 5) is 15.0. The Morgan fingerprint density at radius 1 is 1.11 bits per heavy atom. The molecule has 1 unspecified atom stereocenters. The van der Waals surface area contributed by atoms with E-state index in [0.717, 1.165) is 45.2 Å². The smallest absolute Gasteiger partial charge is 0.194 e. The van der Waals surface area contributed by atoms with Crippen LogP contribution in [-0.4, -0.2) is 98.7 Å². The monoisotopic (exact) mass is 520 g/mol. The summed E-state index contributed by atoms with van der Waals surface area (Å²) in [5.41, 5.74) is 0. The van der Waals surface area contributed by atoms with Gasteiger partial charge in [0.15, 0.2) is 5.96 Å². The van der Waals surface area contributed by atoms with Crippen molar-refractivity contribution in [3.8, 4) is 0 Å². The predicted molar refractivity (Wildman–Crippen MR) is 133 cm³/mol. The molecule has 0 amide bonds. The molecule has 2 aliphatic heterocycles. The van der Waals surface area contributed by atoms with Crippen LogP contribution >= 0.6 is 35.3 Å². The molecule has 0 radical (unpaired) electrons. The van der Waals surface area contributed by atoms with E-state index in [1.165, 1.54) is 37.7 Å². The highest BCUT2D eigenvalue weighted by Gasteiger charge is 2.22. The van der Waals surface area contributed by atoms with Crippen LogP contribution < -0.4 is 10.2 Å². The number of likely N-dealkylation sites (N-methyl/N-ethyl adjacent to an activating group) is 1.